The minimum atomic E-state index is 0.0338. The fourth-order valence-corrected chi connectivity index (χ4v) is 2.48. The maximum Gasteiger partial charge on any atom is 0.210 e. The van der Waals surface area contributed by atoms with E-state index >= 15 is 0 Å². The number of aromatic amines is 1. The van der Waals surface area contributed by atoms with Gasteiger partial charge in [0.1, 0.15) is 0 Å². The first kappa shape index (κ1) is 11.0. The van der Waals surface area contributed by atoms with E-state index in [4.69, 9.17) is 0 Å². The van der Waals surface area contributed by atoms with Crippen molar-refractivity contribution >= 4 is 21.8 Å². The second-order valence-electron chi connectivity index (χ2n) is 4.71. The molecule has 20 heavy (non-hydrogen) atoms. The highest BCUT2D eigenvalue weighted by Crippen LogP contribution is 2.29. The van der Waals surface area contributed by atoms with Crippen LogP contribution in [-0.4, -0.2) is 20.1 Å². The summed E-state index contributed by atoms with van der Waals surface area (Å²) in [6.45, 7) is 0. The molecule has 0 spiro atoms. The molecular weight excluding hydrogens is 250 g/mol. The van der Waals surface area contributed by atoms with Crippen LogP contribution in [0.5, 0.6) is 5.88 Å². The lowest BCUT2D eigenvalue weighted by Crippen LogP contribution is -1.80. The summed E-state index contributed by atoms with van der Waals surface area (Å²) >= 11 is 0. The SMILES string of the molecule is Oc1ccc(-c2ccc3c(c2)[nH]c2ccncc23)cn1. The second kappa shape index (κ2) is 4.06. The predicted molar refractivity (Wildman–Crippen MR) is 78.5 cm³/mol. The van der Waals surface area contributed by atoms with Gasteiger partial charge in [-0.1, -0.05) is 12.1 Å². The van der Waals surface area contributed by atoms with Gasteiger partial charge in [-0.05, 0) is 23.8 Å². The number of pyridine rings is 2. The highest BCUT2D eigenvalue weighted by molar-refractivity contribution is 6.07. The first-order valence-electron chi connectivity index (χ1n) is 6.32. The third-order valence-electron chi connectivity index (χ3n) is 3.48. The molecule has 96 valence electrons. The van der Waals surface area contributed by atoms with E-state index in [-0.39, 0.29) is 5.88 Å². The number of aromatic nitrogens is 3. The van der Waals surface area contributed by atoms with E-state index < -0.39 is 0 Å². The molecule has 4 rings (SSSR count). The van der Waals surface area contributed by atoms with Crippen LogP contribution in [0.15, 0.2) is 55.0 Å². The summed E-state index contributed by atoms with van der Waals surface area (Å²) in [6, 6.07) is 11.6. The monoisotopic (exact) mass is 261 g/mol. The number of nitrogens with zero attached hydrogens (tertiary/aromatic N) is 2. The van der Waals surface area contributed by atoms with Gasteiger partial charge in [0.25, 0.3) is 0 Å². The van der Waals surface area contributed by atoms with Gasteiger partial charge in [-0.15, -0.1) is 0 Å². The standard InChI is InChI=1S/C16H11N3O/c20-16-4-2-11(8-18-16)10-1-3-12-13-9-17-6-5-14(13)19-15(12)7-10/h1-9,19H,(H,18,20). The molecule has 0 aliphatic carbocycles. The lowest BCUT2D eigenvalue weighted by atomic mass is 10.1. The van der Waals surface area contributed by atoms with Crippen LogP contribution >= 0.6 is 0 Å². The number of benzene rings is 1. The van der Waals surface area contributed by atoms with Gasteiger partial charge in [0.15, 0.2) is 0 Å². The Labute approximate surface area is 114 Å². The zero-order valence-corrected chi connectivity index (χ0v) is 10.5. The van der Waals surface area contributed by atoms with Gasteiger partial charge in [-0.2, -0.15) is 0 Å². The molecule has 0 aliphatic heterocycles. The summed E-state index contributed by atoms with van der Waals surface area (Å²) in [6.07, 6.45) is 5.32. The third kappa shape index (κ3) is 1.62. The van der Waals surface area contributed by atoms with E-state index in [1.807, 2.05) is 18.3 Å². The maximum absolute atomic E-state index is 9.25. The molecule has 4 aromatic rings. The van der Waals surface area contributed by atoms with Crippen LogP contribution in [-0.2, 0) is 0 Å². The molecule has 0 unspecified atom stereocenters. The molecule has 3 aromatic heterocycles. The normalized spacial score (nSPS) is 11.2. The summed E-state index contributed by atoms with van der Waals surface area (Å²) in [5, 5.41) is 11.5. The molecule has 0 saturated heterocycles. The second-order valence-corrected chi connectivity index (χ2v) is 4.71. The van der Waals surface area contributed by atoms with Gasteiger partial charge < -0.3 is 10.1 Å². The number of hydrogen-bond acceptors (Lipinski definition) is 3. The maximum atomic E-state index is 9.25. The van der Waals surface area contributed by atoms with E-state index in [1.165, 1.54) is 0 Å². The summed E-state index contributed by atoms with van der Waals surface area (Å²) in [5.41, 5.74) is 4.18. The van der Waals surface area contributed by atoms with Gasteiger partial charge in [0, 0.05) is 52.0 Å². The Morgan fingerprint density at radius 2 is 1.75 bits per heavy atom. The van der Waals surface area contributed by atoms with Crippen LogP contribution in [0.3, 0.4) is 0 Å². The van der Waals surface area contributed by atoms with Crippen LogP contribution in [0.25, 0.3) is 32.9 Å². The van der Waals surface area contributed by atoms with Crippen LogP contribution in [0, 0.1) is 0 Å². The Bertz CT molecular complexity index is 910. The van der Waals surface area contributed by atoms with E-state index in [2.05, 4.69) is 33.2 Å². The largest absolute Gasteiger partial charge is 0.493 e. The molecule has 2 N–H and O–H groups in total. The molecular formula is C16H11N3O. The van der Waals surface area contributed by atoms with Crippen molar-refractivity contribution in [3.63, 3.8) is 0 Å². The Morgan fingerprint density at radius 1 is 0.850 bits per heavy atom. The number of aromatic hydroxyl groups is 1. The fourth-order valence-electron chi connectivity index (χ4n) is 2.48. The quantitative estimate of drug-likeness (QED) is 0.551. The number of nitrogens with one attached hydrogen (secondary N) is 1. The molecule has 0 radical (unpaired) electrons. The smallest absolute Gasteiger partial charge is 0.210 e. The van der Waals surface area contributed by atoms with Crippen LogP contribution in [0.2, 0.25) is 0 Å². The van der Waals surface area contributed by atoms with Crippen molar-refractivity contribution in [2.45, 2.75) is 0 Å². The van der Waals surface area contributed by atoms with Gasteiger partial charge in [-0.25, -0.2) is 4.98 Å². The zero-order chi connectivity index (χ0) is 13.5. The Morgan fingerprint density at radius 3 is 2.60 bits per heavy atom. The van der Waals surface area contributed by atoms with Crippen molar-refractivity contribution in [2.24, 2.45) is 0 Å². The lowest BCUT2D eigenvalue weighted by molar-refractivity contribution is 0.453. The average Bonchev–Trinajstić information content (AvgIpc) is 2.85. The molecule has 0 fully saturated rings. The van der Waals surface area contributed by atoms with Gasteiger partial charge in [0.05, 0.1) is 0 Å². The first-order valence-corrected chi connectivity index (χ1v) is 6.32. The van der Waals surface area contributed by atoms with Crippen molar-refractivity contribution in [1.29, 1.82) is 0 Å². The van der Waals surface area contributed by atoms with Crippen LogP contribution < -0.4 is 0 Å². The van der Waals surface area contributed by atoms with Gasteiger partial charge >= 0.3 is 0 Å². The number of H-pyrrole nitrogens is 1. The zero-order valence-electron chi connectivity index (χ0n) is 10.5. The lowest BCUT2D eigenvalue weighted by Gasteiger charge is -2.01. The van der Waals surface area contributed by atoms with E-state index in [1.54, 1.807) is 18.5 Å². The fraction of sp³-hybridized carbons (Fsp3) is 0. The Balaban J connectivity index is 1.94. The van der Waals surface area contributed by atoms with Crippen molar-refractivity contribution < 1.29 is 5.11 Å². The van der Waals surface area contributed by atoms with Crippen LogP contribution in [0.1, 0.15) is 0 Å². The summed E-state index contributed by atoms with van der Waals surface area (Å²) < 4.78 is 0. The van der Waals surface area contributed by atoms with Gasteiger partial charge in [-0.3, -0.25) is 4.98 Å². The number of rotatable bonds is 1. The van der Waals surface area contributed by atoms with Crippen molar-refractivity contribution in [3.8, 4) is 17.0 Å². The number of fused-ring (bicyclic) bond motifs is 3. The molecule has 4 nitrogen and oxygen atoms in total. The molecule has 0 bridgehead atoms. The Kier molecular flexibility index (Phi) is 2.23. The summed E-state index contributed by atoms with van der Waals surface area (Å²) in [4.78, 5) is 11.5. The minimum absolute atomic E-state index is 0.0338. The van der Waals surface area contributed by atoms with Gasteiger partial charge in [0.2, 0.25) is 5.88 Å². The molecule has 0 saturated carbocycles. The van der Waals surface area contributed by atoms with Crippen molar-refractivity contribution in [1.82, 2.24) is 15.0 Å². The third-order valence-corrected chi connectivity index (χ3v) is 3.48. The molecule has 3 heterocycles. The minimum Gasteiger partial charge on any atom is -0.493 e. The van der Waals surface area contributed by atoms with Crippen molar-refractivity contribution in [3.05, 3.63) is 55.0 Å². The van der Waals surface area contributed by atoms with Crippen molar-refractivity contribution in [2.75, 3.05) is 0 Å². The molecule has 0 aliphatic rings. The highest BCUT2D eigenvalue weighted by atomic mass is 16.3. The van der Waals surface area contributed by atoms with E-state index in [9.17, 15) is 5.11 Å². The molecule has 0 amide bonds. The van der Waals surface area contributed by atoms with Crippen LogP contribution in [0.4, 0.5) is 0 Å². The summed E-state index contributed by atoms with van der Waals surface area (Å²) in [5.74, 6) is 0.0338. The molecule has 0 atom stereocenters. The molecule has 1 aromatic carbocycles. The topological polar surface area (TPSA) is 61.8 Å². The van der Waals surface area contributed by atoms with E-state index in [0.717, 1.165) is 32.9 Å². The summed E-state index contributed by atoms with van der Waals surface area (Å²) in [7, 11) is 0. The highest BCUT2D eigenvalue weighted by Gasteiger charge is 2.06. The first-order chi connectivity index (χ1) is 9.81. The Hall–Kier alpha value is -2.88. The average molecular weight is 261 g/mol. The van der Waals surface area contributed by atoms with E-state index in [0.29, 0.717) is 0 Å². The molecule has 4 heteroatoms. The number of hydrogen-bond donors (Lipinski definition) is 2. The predicted octanol–water partition coefficient (Wildman–Crippen LogP) is 3.48.